The minimum Gasteiger partial charge on any atom is -0.507 e. The van der Waals surface area contributed by atoms with E-state index in [0.29, 0.717) is 5.75 Å². The highest BCUT2D eigenvalue weighted by Crippen LogP contribution is 2.45. The van der Waals surface area contributed by atoms with Crippen LogP contribution in [0.2, 0.25) is 0 Å². The zero-order valence-electron chi connectivity index (χ0n) is 14.3. The van der Waals surface area contributed by atoms with Crippen molar-refractivity contribution < 1.29 is 5.11 Å². The molecule has 1 N–H and O–H groups in total. The summed E-state index contributed by atoms with van der Waals surface area (Å²) in [5.41, 5.74) is 9.57. The average Bonchev–Trinajstić information content (AvgIpc) is 3.07. The summed E-state index contributed by atoms with van der Waals surface area (Å²) in [6.45, 7) is 0. The molecule has 0 aromatic heterocycles. The SMILES string of the molecule is Oc1cccc(-c2cccc3c2Cc2ccccc2-3)c1-c1ccccc1. The van der Waals surface area contributed by atoms with Gasteiger partial charge in [0.05, 0.1) is 0 Å². The molecule has 0 bridgehead atoms. The number of hydrogen-bond donors (Lipinski definition) is 1. The second-order valence-electron chi connectivity index (χ2n) is 6.73. The fraction of sp³-hybridized carbons (Fsp3) is 0.0400. The summed E-state index contributed by atoms with van der Waals surface area (Å²) >= 11 is 0. The molecule has 0 aliphatic heterocycles. The predicted molar refractivity (Wildman–Crippen MR) is 107 cm³/mol. The molecular weight excluding hydrogens is 316 g/mol. The molecule has 1 aliphatic rings. The smallest absolute Gasteiger partial charge is 0.124 e. The van der Waals surface area contributed by atoms with Crippen LogP contribution in [-0.4, -0.2) is 5.11 Å². The Morgan fingerprint density at radius 1 is 0.538 bits per heavy atom. The molecule has 0 fully saturated rings. The third-order valence-corrected chi connectivity index (χ3v) is 5.25. The fourth-order valence-electron chi connectivity index (χ4n) is 4.08. The van der Waals surface area contributed by atoms with Crippen LogP contribution in [0.5, 0.6) is 5.75 Å². The Bertz CT molecular complexity index is 1110. The van der Waals surface area contributed by atoms with Crippen molar-refractivity contribution in [3.8, 4) is 39.1 Å². The van der Waals surface area contributed by atoms with Gasteiger partial charge in [-0.15, -0.1) is 0 Å². The standard InChI is InChI=1S/C25H18O/c26-24-15-7-14-22(25(24)17-8-2-1-3-9-17)21-13-6-12-20-19-11-5-4-10-18(19)16-23(20)21/h1-15,26H,16H2. The van der Waals surface area contributed by atoms with E-state index >= 15 is 0 Å². The maximum Gasteiger partial charge on any atom is 0.124 e. The van der Waals surface area contributed by atoms with Gasteiger partial charge in [-0.2, -0.15) is 0 Å². The minimum absolute atomic E-state index is 0.321. The lowest BCUT2D eigenvalue weighted by Crippen LogP contribution is -1.91. The van der Waals surface area contributed by atoms with Gasteiger partial charge in [-0.3, -0.25) is 0 Å². The number of benzene rings is 4. The van der Waals surface area contributed by atoms with E-state index in [-0.39, 0.29) is 0 Å². The van der Waals surface area contributed by atoms with E-state index in [1.807, 2.05) is 24.3 Å². The van der Waals surface area contributed by atoms with E-state index in [4.69, 9.17) is 0 Å². The van der Waals surface area contributed by atoms with Crippen LogP contribution in [0.3, 0.4) is 0 Å². The summed E-state index contributed by atoms with van der Waals surface area (Å²) in [6, 6.07) is 31.0. The lowest BCUT2D eigenvalue weighted by atomic mass is 9.89. The molecular formula is C25H18O. The first-order chi connectivity index (χ1) is 12.8. The van der Waals surface area contributed by atoms with Crippen molar-refractivity contribution in [2.75, 3.05) is 0 Å². The summed E-state index contributed by atoms with van der Waals surface area (Å²) in [5.74, 6) is 0.321. The molecule has 0 spiro atoms. The Labute approximate surface area is 153 Å². The molecule has 0 saturated carbocycles. The third-order valence-electron chi connectivity index (χ3n) is 5.25. The van der Waals surface area contributed by atoms with Gasteiger partial charge in [-0.25, -0.2) is 0 Å². The van der Waals surface area contributed by atoms with Crippen LogP contribution in [0.15, 0.2) is 91.0 Å². The third kappa shape index (κ3) is 2.25. The second kappa shape index (κ2) is 5.89. The van der Waals surface area contributed by atoms with Crippen molar-refractivity contribution >= 4 is 0 Å². The van der Waals surface area contributed by atoms with Crippen LogP contribution in [-0.2, 0) is 6.42 Å². The van der Waals surface area contributed by atoms with E-state index in [1.165, 1.54) is 27.8 Å². The van der Waals surface area contributed by atoms with Gasteiger partial charge in [0, 0.05) is 5.56 Å². The van der Waals surface area contributed by atoms with E-state index in [9.17, 15) is 5.11 Å². The number of aromatic hydroxyl groups is 1. The molecule has 1 aliphatic carbocycles. The number of rotatable bonds is 2. The first-order valence-electron chi connectivity index (χ1n) is 8.91. The van der Waals surface area contributed by atoms with Gasteiger partial charge in [-0.1, -0.05) is 84.9 Å². The summed E-state index contributed by atoms with van der Waals surface area (Å²) in [6.07, 6.45) is 0.936. The topological polar surface area (TPSA) is 20.2 Å². The highest BCUT2D eigenvalue weighted by Gasteiger charge is 2.23. The maximum atomic E-state index is 10.6. The highest BCUT2D eigenvalue weighted by atomic mass is 16.3. The number of fused-ring (bicyclic) bond motifs is 3. The fourth-order valence-corrected chi connectivity index (χ4v) is 4.08. The molecule has 124 valence electrons. The molecule has 0 radical (unpaired) electrons. The molecule has 1 nitrogen and oxygen atoms in total. The minimum atomic E-state index is 0.321. The molecule has 1 heteroatoms. The Morgan fingerprint density at radius 3 is 2.00 bits per heavy atom. The first kappa shape index (κ1) is 15.0. The van der Waals surface area contributed by atoms with Crippen molar-refractivity contribution in [3.63, 3.8) is 0 Å². The monoisotopic (exact) mass is 334 g/mol. The van der Waals surface area contributed by atoms with Crippen LogP contribution >= 0.6 is 0 Å². The van der Waals surface area contributed by atoms with E-state index in [0.717, 1.165) is 23.1 Å². The Kier molecular flexibility index (Phi) is 3.39. The van der Waals surface area contributed by atoms with Gasteiger partial charge in [0.1, 0.15) is 5.75 Å². The highest BCUT2D eigenvalue weighted by molar-refractivity contribution is 5.92. The van der Waals surface area contributed by atoms with Crippen LogP contribution in [0.25, 0.3) is 33.4 Å². The molecule has 4 aromatic rings. The number of phenols is 1. The maximum absolute atomic E-state index is 10.6. The summed E-state index contributed by atoms with van der Waals surface area (Å²) < 4.78 is 0. The van der Waals surface area contributed by atoms with Gasteiger partial charge in [0.15, 0.2) is 0 Å². The van der Waals surface area contributed by atoms with Crippen LogP contribution in [0, 0.1) is 0 Å². The summed E-state index contributed by atoms with van der Waals surface area (Å²) in [5, 5.41) is 10.6. The molecule has 0 unspecified atom stereocenters. The van der Waals surface area contributed by atoms with Crippen molar-refractivity contribution in [3.05, 3.63) is 102 Å². The molecule has 0 amide bonds. The lowest BCUT2D eigenvalue weighted by Gasteiger charge is -2.15. The Morgan fingerprint density at radius 2 is 1.15 bits per heavy atom. The molecule has 26 heavy (non-hydrogen) atoms. The van der Waals surface area contributed by atoms with Crippen molar-refractivity contribution in [2.24, 2.45) is 0 Å². The van der Waals surface area contributed by atoms with Gasteiger partial charge in [-0.05, 0) is 51.4 Å². The molecule has 0 heterocycles. The first-order valence-corrected chi connectivity index (χ1v) is 8.91. The summed E-state index contributed by atoms with van der Waals surface area (Å²) in [7, 11) is 0. The zero-order chi connectivity index (χ0) is 17.5. The molecule has 4 aromatic carbocycles. The normalized spacial score (nSPS) is 11.8. The molecule has 0 saturated heterocycles. The Hall–Kier alpha value is -3.32. The van der Waals surface area contributed by atoms with Gasteiger partial charge < -0.3 is 5.11 Å². The second-order valence-corrected chi connectivity index (χ2v) is 6.73. The van der Waals surface area contributed by atoms with Crippen molar-refractivity contribution in [1.82, 2.24) is 0 Å². The number of hydrogen-bond acceptors (Lipinski definition) is 1. The summed E-state index contributed by atoms with van der Waals surface area (Å²) in [4.78, 5) is 0. The van der Waals surface area contributed by atoms with Gasteiger partial charge in [0.25, 0.3) is 0 Å². The van der Waals surface area contributed by atoms with E-state index in [1.54, 1.807) is 6.07 Å². The van der Waals surface area contributed by atoms with Crippen molar-refractivity contribution in [2.45, 2.75) is 6.42 Å². The largest absolute Gasteiger partial charge is 0.507 e. The van der Waals surface area contributed by atoms with Gasteiger partial charge >= 0.3 is 0 Å². The van der Waals surface area contributed by atoms with Crippen molar-refractivity contribution in [1.29, 1.82) is 0 Å². The molecule has 0 atom stereocenters. The Balaban J connectivity index is 1.76. The van der Waals surface area contributed by atoms with E-state index < -0.39 is 0 Å². The number of phenolic OH excluding ortho intramolecular Hbond substituents is 1. The van der Waals surface area contributed by atoms with Crippen LogP contribution in [0.4, 0.5) is 0 Å². The zero-order valence-corrected chi connectivity index (χ0v) is 14.3. The van der Waals surface area contributed by atoms with Crippen LogP contribution < -0.4 is 0 Å². The predicted octanol–water partition coefficient (Wildman–Crippen LogP) is 6.30. The lowest BCUT2D eigenvalue weighted by molar-refractivity contribution is 0.477. The van der Waals surface area contributed by atoms with Gasteiger partial charge in [0.2, 0.25) is 0 Å². The van der Waals surface area contributed by atoms with Crippen LogP contribution in [0.1, 0.15) is 11.1 Å². The average molecular weight is 334 g/mol. The molecule has 5 rings (SSSR count). The van der Waals surface area contributed by atoms with E-state index in [2.05, 4.69) is 60.7 Å². The quantitative estimate of drug-likeness (QED) is 0.402.